The lowest BCUT2D eigenvalue weighted by Crippen LogP contribution is -2.37. The van der Waals surface area contributed by atoms with Crippen LogP contribution >= 0.6 is 0 Å². The number of carbonyl (C=O) groups is 6. The van der Waals surface area contributed by atoms with Crippen LogP contribution in [0.2, 0.25) is 0 Å². The molecular weight excluding hydrogens is 729 g/mol. The maximum absolute atomic E-state index is 11.1. The predicted octanol–water partition coefficient (Wildman–Crippen LogP) is 3.30. The first kappa shape index (κ1) is 62.9. The highest BCUT2D eigenvalue weighted by Crippen LogP contribution is 2.11. The molecule has 6 unspecified atom stereocenters. The zero-order valence-corrected chi connectivity index (χ0v) is 38.8. The van der Waals surface area contributed by atoms with E-state index in [4.69, 9.17) is 10.2 Å². The van der Waals surface area contributed by atoms with Gasteiger partial charge in [-0.1, -0.05) is 60.1 Å². The van der Waals surface area contributed by atoms with E-state index in [9.17, 15) is 28.8 Å². The summed E-state index contributed by atoms with van der Waals surface area (Å²) in [5, 5.41) is 34.7. The summed E-state index contributed by atoms with van der Waals surface area (Å²) in [6, 6.07) is 6.51. The average Bonchev–Trinajstić information content (AvgIpc) is 3.11. The minimum atomic E-state index is -0.380. The van der Waals surface area contributed by atoms with Gasteiger partial charge in [-0.25, -0.2) is 0 Å². The summed E-state index contributed by atoms with van der Waals surface area (Å²) in [7, 11) is 10.6. The number of ketones is 6. The van der Waals surface area contributed by atoms with Gasteiger partial charge in [-0.15, -0.1) is 0 Å². The summed E-state index contributed by atoms with van der Waals surface area (Å²) in [6.45, 7) is 22.3. The Morgan fingerprint density at radius 3 is 1.12 bits per heavy atom. The largest absolute Gasteiger partial charge is 0.508 e. The van der Waals surface area contributed by atoms with E-state index in [1.54, 1.807) is 67.9 Å². The first-order valence-corrected chi connectivity index (χ1v) is 19.8. The number of hydrogen-bond acceptors (Lipinski definition) is 14. The van der Waals surface area contributed by atoms with E-state index >= 15 is 0 Å². The first-order chi connectivity index (χ1) is 26.4. The number of hydrogen-bond donors (Lipinski definition) is 8. The summed E-state index contributed by atoms with van der Waals surface area (Å²) < 4.78 is 0. The molecule has 0 fully saturated rings. The number of likely N-dealkylation sites (N-methyl/N-ethyl adjacent to an activating group) is 6. The number of phenols is 1. The molecule has 57 heavy (non-hydrogen) atoms. The smallest absolute Gasteiger partial charge is 0.149 e. The lowest BCUT2D eigenvalue weighted by atomic mass is 9.96. The number of carbonyl (C=O) groups excluding carboxylic acids is 6. The van der Waals surface area contributed by atoms with E-state index in [-0.39, 0.29) is 77.3 Å². The Labute approximate surface area is 346 Å². The minimum absolute atomic E-state index is 0.0324. The molecule has 1 rings (SSSR count). The van der Waals surface area contributed by atoms with Crippen molar-refractivity contribution in [3.05, 3.63) is 29.8 Å². The first-order valence-electron chi connectivity index (χ1n) is 19.8. The minimum Gasteiger partial charge on any atom is -0.508 e. The van der Waals surface area contributed by atoms with Crippen LogP contribution < -0.4 is 31.9 Å². The molecule has 0 radical (unpaired) electrons. The van der Waals surface area contributed by atoms with Crippen LogP contribution in [0, 0.1) is 17.8 Å². The molecule has 8 N–H and O–H groups in total. The van der Waals surface area contributed by atoms with Crippen LogP contribution in [0.1, 0.15) is 101 Å². The third-order valence-electron chi connectivity index (χ3n) is 8.59. The lowest BCUT2D eigenvalue weighted by molar-refractivity contribution is -0.120. The van der Waals surface area contributed by atoms with E-state index < -0.39 is 0 Å². The molecule has 334 valence electrons. The quantitative estimate of drug-likeness (QED) is 0.0950. The molecule has 6 atom stereocenters. The van der Waals surface area contributed by atoms with Crippen molar-refractivity contribution in [2.75, 3.05) is 55.4 Å². The molecule has 1 aromatic carbocycles. The van der Waals surface area contributed by atoms with Crippen molar-refractivity contribution < 1.29 is 39.0 Å². The molecule has 0 saturated carbocycles. The monoisotopic (exact) mass is 813 g/mol. The van der Waals surface area contributed by atoms with Gasteiger partial charge in [-0.05, 0) is 132 Å². The van der Waals surface area contributed by atoms with E-state index in [0.717, 1.165) is 18.4 Å². The van der Waals surface area contributed by atoms with Gasteiger partial charge in [0.15, 0.2) is 0 Å². The van der Waals surface area contributed by atoms with E-state index in [0.29, 0.717) is 30.7 Å². The highest BCUT2D eigenvalue weighted by Gasteiger charge is 2.17. The van der Waals surface area contributed by atoms with Crippen molar-refractivity contribution >= 4 is 34.7 Å². The van der Waals surface area contributed by atoms with Gasteiger partial charge >= 0.3 is 0 Å². The van der Waals surface area contributed by atoms with Crippen LogP contribution in [0.25, 0.3) is 0 Å². The van der Waals surface area contributed by atoms with Gasteiger partial charge in [0, 0.05) is 0 Å². The van der Waals surface area contributed by atoms with Crippen molar-refractivity contribution in [3.63, 3.8) is 0 Å². The normalized spacial score (nSPS) is 13.3. The number of benzene rings is 1. The highest BCUT2D eigenvalue weighted by atomic mass is 16.3. The van der Waals surface area contributed by atoms with E-state index in [1.165, 1.54) is 6.92 Å². The number of nitrogens with one attached hydrogen (secondary N) is 6. The third-order valence-corrected chi connectivity index (χ3v) is 8.59. The predicted molar refractivity (Wildman–Crippen MR) is 235 cm³/mol. The van der Waals surface area contributed by atoms with Gasteiger partial charge in [0.05, 0.1) is 43.4 Å². The van der Waals surface area contributed by atoms with Crippen molar-refractivity contribution in [2.24, 2.45) is 17.8 Å². The number of aliphatic hydroxyl groups is 1. The van der Waals surface area contributed by atoms with Gasteiger partial charge in [-0.2, -0.15) is 0 Å². The van der Waals surface area contributed by atoms with E-state index in [1.807, 2.05) is 47.1 Å². The van der Waals surface area contributed by atoms with Crippen LogP contribution in [0.4, 0.5) is 0 Å². The van der Waals surface area contributed by atoms with Crippen LogP contribution in [0.15, 0.2) is 24.3 Å². The van der Waals surface area contributed by atoms with Gasteiger partial charge < -0.3 is 42.1 Å². The Morgan fingerprint density at radius 2 is 0.982 bits per heavy atom. The molecule has 0 saturated heterocycles. The summed E-state index contributed by atoms with van der Waals surface area (Å²) in [5.41, 5.74) is 1.04. The molecule has 0 heterocycles. The Kier molecular flexibility index (Phi) is 43.7. The second-order valence-corrected chi connectivity index (χ2v) is 14.7. The number of phenolic OH excluding ortho intramolecular Hbond substituents is 1. The Hall–Kier alpha value is -3.24. The van der Waals surface area contributed by atoms with Crippen LogP contribution in [0.5, 0.6) is 5.75 Å². The molecule has 1 aromatic rings. The molecule has 0 aliphatic rings. The number of aliphatic hydroxyl groups excluding tert-OH is 1. The summed E-state index contributed by atoms with van der Waals surface area (Å²) in [5.74, 6) is 2.63. The molecule has 0 aromatic heterocycles. The Balaban J connectivity index is -0.000000193. The van der Waals surface area contributed by atoms with Crippen molar-refractivity contribution in [1.82, 2.24) is 31.9 Å². The maximum Gasteiger partial charge on any atom is 0.149 e. The van der Waals surface area contributed by atoms with Crippen LogP contribution in [0.3, 0.4) is 0 Å². The Morgan fingerprint density at radius 1 is 0.579 bits per heavy atom. The molecule has 14 nitrogen and oxygen atoms in total. The van der Waals surface area contributed by atoms with Crippen LogP contribution in [-0.4, -0.2) is 131 Å². The number of Topliss-reactive ketones (excluding diaryl/α,β-unsaturated/α-hetero) is 6. The van der Waals surface area contributed by atoms with Crippen molar-refractivity contribution in [2.45, 2.75) is 133 Å². The second kappa shape index (κ2) is 39.6. The van der Waals surface area contributed by atoms with Gasteiger partial charge in [0.25, 0.3) is 0 Å². The SMILES string of the molecule is CCC(C)C(NC)C(C)=O.CNC(C(C)=O)C(C)C.CNC(CC(C)C)C(C)=O.CNC(CO)C(C)=O.CNC(Cc1ccc(O)cc1)C(C)=O.CNCC(C)=O. The molecule has 14 heteroatoms. The van der Waals surface area contributed by atoms with E-state index in [2.05, 4.69) is 59.6 Å². The van der Waals surface area contributed by atoms with Gasteiger partial charge in [0.2, 0.25) is 0 Å². The van der Waals surface area contributed by atoms with Gasteiger partial charge in [0.1, 0.15) is 40.4 Å². The zero-order chi connectivity index (χ0) is 45.8. The molecule has 0 amide bonds. The number of rotatable bonds is 20. The fraction of sp³-hybridized carbons (Fsp3) is 0.721. The standard InChI is InChI=1S/C11H15NO2.2C8H17NO.C7H15NO.C5H11NO2.C4H9NO/c1-8(13)11(12-2)7-9-3-5-10(14)6-4-9;1-6(2)5-8(9-4)7(3)10;1-5-6(2)8(9-4)7(3)10;1-5(2)7(8-4)6(3)9;1-4(8)5(3-7)6-2;1-4(6)3-5-2/h3-6,11-12,14H,7H2,1-2H3;2*6,8-9H,5H2,1-4H3;5,7-8H,1-4H3;5-7H,3H2,1-2H3;5H,3H2,1-2H3. The second-order valence-electron chi connectivity index (χ2n) is 14.7. The topological polar surface area (TPSA) is 215 Å². The average molecular weight is 813 g/mol. The molecular formula is C43H84N6O8. The fourth-order valence-corrected chi connectivity index (χ4v) is 5.08. The molecule has 0 aliphatic heterocycles. The van der Waals surface area contributed by atoms with Crippen molar-refractivity contribution in [1.29, 1.82) is 0 Å². The zero-order valence-electron chi connectivity index (χ0n) is 38.8. The highest BCUT2D eigenvalue weighted by molar-refractivity contribution is 5.83. The third kappa shape index (κ3) is 38.1. The Bertz CT molecular complexity index is 1210. The lowest BCUT2D eigenvalue weighted by Gasteiger charge is -2.18. The molecule has 0 bridgehead atoms. The maximum atomic E-state index is 11.1. The summed E-state index contributed by atoms with van der Waals surface area (Å²) in [6.07, 6.45) is 2.64. The molecule has 0 spiro atoms. The summed E-state index contributed by atoms with van der Waals surface area (Å²) in [4.78, 5) is 64.0. The van der Waals surface area contributed by atoms with Crippen molar-refractivity contribution in [3.8, 4) is 5.75 Å². The van der Waals surface area contributed by atoms with Crippen LogP contribution in [-0.2, 0) is 35.2 Å². The van der Waals surface area contributed by atoms with Gasteiger partial charge in [-0.3, -0.25) is 28.8 Å². The molecule has 0 aliphatic carbocycles. The number of aromatic hydroxyl groups is 1. The summed E-state index contributed by atoms with van der Waals surface area (Å²) >= 11 is 0. The fourth-order valence-electron chi connectivity index (χ4n) is 5.08.